The maximum Gasteiger partial charge on any atom is 0.200 e. The topological polar surface area (TPSA) is 25.0 Å². The van der Waals surface area contributed by atoms with Gasteiger partial charge in [-0.05, 0) is 45.9 Å². The minimum atomic E-state index is -1.83. The third-order valence-electron chi connectivity index (χ3n) is 5.97. The molecule has 1 aromatic heterocycles. The predicted molar refractivity (Wildman–Crippen MR) is 120 cm³/mol. The zero-order valence-electron chi connectivity index (χ0n) is 17.5. The van der Waals surface area contributed by atoms with Crippen LogP contribution in [0.2, 0.25) is 16.6 Å². The Labute approximate surface area is 165 Å². The molecule has 0 saturated carbocycles. The molecule has 1 N–H and O–H groups in total. The molecule has 0 aliphatic heterocycles. The lowest BCUT2D eigenvalue weighted by molar-refractivity contribution is 0.266. The van der Waals surface area contributed by atoms with Crippen LogP contribution in [0, 0.1) is 0 Å². The van der Waals surface area contributed by atoms with Crippen molar-refractivity contribution in [2.45, 2.75) is 64.8 Å². The van der Waals surface area contributed by atoms with Gasteiger partial charge in [-0.25, -0.2) is 0 Å². The molecular weight excluding hydrogens is 346 g/mol. The normalized spacial score (nSPS) is 12.6. The highest BCUT2D eigenvalue weighted by atomic mass is 28.4. The van der Waals surface area contributed by atoms with Crippen molar-refractivity contribution in [2.24, 2.45) is 0 Å². The molecule has 2 nitrogen and oxygen atoms in total. The van der Waals surface area contributed by atoms with Gasteiger partial charge in [0.25, 0.3) is 0 Å². The van der Waals surface area contributed by atoms with Gasteiger partial charge in [0.05, 0.1) is 6.61 Å². The molecule has 3 heteroatoms. The summed E-state index contributed by atoms with van der Waals surface area (Å²) in [4.78, 5) is 3.53. The van der Waals surface area contributed by atoms with E-state index in [0.29, 0.717) is 23.2 Å². The van der Waals surface area contributed by atoms with Crippen LogP contribution in [0.15, 0.2) is 54.6 Å². The summed E-state index contributed by atoms with van der Waals surface area (Å²) in [6.07, 6.45) is 0. The summed E-state index contributed by atoms with van der Waals surface area (Å²) in [5.74, 6) is 0. The Balaban J connectivity index is 1.85. The Hall–Kier alpha value is -1.84. The Morgan fingerprint density at radius 2 is 1.44 bits per heavy atom. The van der Waals surface area contributed by atoms with Crippen molar-refractivity contribution in [2.75, 3.05) is 0 Å². The van der Waals surface area contributed by atoms with Crippen LogP contribution in [0.5, 0.6) is 0 Å². The highest BCUT2D eigenvalue weighted by Gasteiger charge is 2.44. The lowest BCUT2D eigenvalue weighted by Crippen LogP contribution is -2.47. The summed E-state index contributed by atoms with van der Waals surface area (Å²) in [6.45, 7) is 14.8. The monoisotopic (exact) mass is 379 g/mol. The van der Waals surface area contributed by atoms with Gasteiger partial charge < -0.3 is 9.41 Å². The van der Waals surface area contributed by atoms with E-state index in [1.807, 2.05) is 0 Å². The molecule has 0 spiro atoms. The van der Waals surface area contributed by atoms with Crippen LogP contribution in [0.4, 0.5) is 0 Å². The van der Waals surface area contributed by atoms with E-state index in [1.54, 1.807) is 0 Å². The highest BCUT2D eigenvalue weighted by Crippen LogP contribution is 2.42. The molecule has 0 unspecified atom stereocenters. The summed E-state index contributed by atoms with van der Waals surface area (Å²) in [6, 6.07) is 19.4. The second-order valence-electron chi connectivity index (χ2n) is 8.58. The highest BCUT2D eigenvalue weighted by molar-refractivity contribution is 6.77. The van der Waals surface area contributed by atoms with Crippen molar-refractivity contribution in [3.63, 3.8) is 0 Å². The lowest BCUT2D eigenvalue weighted by Gasteiger charge is -2.42. The maximum atomic E-state index is 6.77. The smallest absolute Gasteiger partial charge is 0.200 e. The summed E-state index contributed by atoms with van der Waals surface area (Å²) in [5, 5.41) is 1.25. The van der Waals surface area contributed by atoms with Gasteiger partial charge in [0.2, 0.25) is 8.32 Å². The predicted octanol–water partition coefficient (Wildman–Crippen LogP) is 7.53. The standard InChI is InChI=1S/C24H33NOSi/c1-17(2)27(18(3)4,19(5)6)26-16-20-12-13-23-22(14-20)15-24(25-23)21-10-8-7-9-11-21/h7-15,17-19,25H,16H2,1-6H3. The SMILES string of the molecule is CC(C)[Si](OCc1ccc2[nH]c(-c3ccccc3)cc2c1)(C(C)C)C(C)C. The molecular formula is C24H33NOSi. The molecule has 0 aliphatic rings. The van der Waals surface area contributed by atoms with Crippen LogP contribution >= 0.6 is 0 Å². The molecule has 1 heterocycles. The minimum Gasteiger partial charge on any atom is -0.412 e. The number of aromatic nitrogens is 1. The number of hydrogen-bond donors (Lipinski definition) is 1. The van der Waals surface area contributed by atoms with Gasteiger partial charge in [-0.3, -0.25) is 0 Å². The summed E-state index contributed by atoms with van der Waals surface area (Å²) in [7, 11) is -1.83. The van der Waals surface area contributed by atoms with Crippen molar-refractivity contribution >= 4 is 19.2 Å². The van der Waals surface area contributed by atoms with Gasteiger partial charge in [0, 0.05) is 16.6 Å². The molecule has 27 heavy (non-hydrogen) atoms. The molecule has 3 rings (SSSR count). The molecule has 2 aromatic carbocycles. The first-order valence-corrected chi connectivity index (χ1v) is 12.3. The fourth-order valence-electron chi connectivity index (χ4n) is 4.75. The third-order valence-corrected chi connectivity index (χ3v) is 12.0. The van der Waals surface area contributed by atoms with Gasteiger partial charge in [-0.1, -0.05) is 77.9 Å². The van der Waals surface area contributed by atoms with E-state index in [9.17, 15) is 0 Å². The minimum absolute atomic E-state index is 0.609. The van der Waals surface area contributed by atoms with E-state index < -0.39 is 8.32 Å². The zero-order chi connectivity index (χ0) is 19.6. The number of aromatic amines is 1. The quantitative estimate of drug-likeness (QED) is 0.422. The number of fused-ring (bicyclic) bond motifs is 1. The fraction of sp³-hybridized carbons (Fsp3) is 0.417. The second-order valence-corrected chi connectivity index (χ2v) is 14.0. The van der Waals surface area contributed by atoms with Crippen LogP contribution in [-0.4, -0.2) is 13.3 Å². The van der Waals surface area contributed by atoms with Crippen LogP contribution in [0.25, 0.3) is 22.2 Å². The first-order chi connectivity index (χ1) is 12.8. The number of H-pyrrole nitrogens is 1. The van der Waals surface area contributed by atoms with Gasteiger partial charge in [-0.2, -0.15) is 0 Å². The third kappa shape index (κ3) is 3.90. The van der Waals surface area contributed by atoms with Crippen LogP contribution in [-0.2, 0) is 11.0 Å². The first kappa shape index (κ1) is 19.9. The van der Waals surface area contributed by atoms with Crippen molar-refractivity contribution in [3.8, 4) is 11.3 Å². The van der Waals surface area contributed by atoms with Gasteiger partial charge in [0.1, 0.15) is 0 Å². The first-order valence-electron chi connectivity index (χ1n) is 10.2. The van der Waals surface area contributed by atoms with Gasteiger partial charge >= 0.3 is 0 Å². The molecule has 0 atom stereocenters. The number of rotatable bonds is 7. The van der Waals surface area contributed by atoms with Crippen molar-refractivity contribution in [3.05, 3.63) is 60.2 Å². The van der Waals surface area contributed by atoms with Gasteiger partial charge in [-0.15, -0.1) is 0 Å². The molecule has 0 amide bonds. The van der Waals surface area contributed by atoms with E-state index in [-0.39, 0.29) is 0 Å². The lowest BCUT2D eigenvalue weighted by atomic mass is 10.1. The van der Waals surface area contributed by atoms with Crippen molar-refractivity contribution < 1.29 is 4.43 Å². The number of nitrogens with one attached hydrogen (secondary N) is 1. The summed E-state index contributed by atoms with van der Waals surface area (Å²) in [5.41, 5.74) is 6.66. The largest absolute Gasteiger partial charge is 0.412 e. The molecule has 3 aromatic rings. The Kier molecular flexibility index (Phi) is 5.92. The average Bonchev–Trinajstić information content (AvgIpc) is 3.05. The van der Waals surface area contributed by atoms with E-state index in [0.717, 1.165) is 0 Å². The zero-order valence-corrected chi connectivity index (χ0v) is 18.5. The van der Waals surface area contributed by atoms with Gasteiger partial charge in [0.15, 0.2) is 0 Å². The van der Waals surface area contributed by atoms with E-state index in [1.165, 1.54) is 27.7 Å². The maximum absolute atomic E-state index is 6.77. The van der Waals surface area contributed by atoms with E-state index in [4.69, 9.17) is 4.43 Å². The fourth-order valence-corrected chi connectivity index (χ4v) is 10.2. The molecule has 0 bridgehead atoms. The van der Waals surface area contributed by atoms with E-state index >= 15 is 0 Å². The number of hydrogen-bond acceptors (Lipinski definition) is 1. The molecule has 0 saturated heterocycles. The Morgan fingerprint density at radius 3 is 2.04 bits per heavy atom. The van der Waals surface area contributed by atoms with Crippen LogP contribution in [0.1, 0.15) is 47.1 Å². The Bertz CT molecular complexity index is 858. The average molecular weight is 380 g/mol. The number of benzene rings is 2. The Morgan fingerprint density at radius 1 is 0.815 bits per heavy atom. The summed E-state index contributed by atoms with van der Waals surface area (Å²) >= 11 is 0. The molecule has 0 aliphatic carbocycles. The van der Waals surface area contributed by atoms with Crippen molar-refractivity contribution in [1.29, 1.82) is 0 Å². The van der Waals surface area contributed by atoms with Crippen LogP contribution < -0.4 is 0 Å². The van der Waals surface area contributed by atoms with E-state index in [2.05, 4.69) is 101 Å². The van der Waals surface area contributed by atoms with Crippen LogP contribution in [0.3, 0.4) is 0 Å². The summed E-state index contributed by atoms with van der Waals surface area (Å²) < 4.78 is 6.77. The molecule has 144 valence electrons. The molecule has 0 fully saturated rings. The second kappa shape index (κ2) is 8.03. The molecule has 0 radical (unpaired) electrons. The van der Waals surface area contributed by atoms with Crippen molar-refractivity contribution in [1.82, 2.24) is 4.98 Å².